The molecule has 0 radical (unpaired) electrons. The summed E-state index contributed by atoms with van der Waals surface area (Å²) < 4.78 is 11.1. The van der Waals surface area contributed by atoms with Gasteiger partial charge in [-0.05, 0) is 26.0 Å². The molecule has 6 heteroatoms. The average molecular weight is 350 g/mol. The largest absolute Gasteiger partial charge is 0.476 e. The SMILES string of the molecule is Cc1cc(CN2CCC(COc3ccc(-c4ccccc4)nn3)C2)on1. The number of benzene rings is 1. The Morgan fingerprint density at radius 3 is 2.77 bits per heavy atom. The molecule has 1 aliphatic rings. The van der Waals surface area contributed by atoms with Crippen LogP contribution in [0.15, 0.2) is 53.1 Å². The predicted molar refractivity (Wildman–Crippen MR) is 97.6 cm³/mol. The van der Waals surface area contributed by atoms with Gasteiger partial charge in [0.25, 0.3) is 0 Å². The summed E-state index contributed by atoms with van der Waals surface area (Å²) in [5.41, 5.74) is 2.84. The van der Waals surface area contributed by atoms with Gasteiger partial charge in [0.15, 0.2) is 5.76 Å². The van der Waals surface area contributed by atoms with Gasteiger partial charge in [-0.2, -0.15) is 0 Å². The van der Waals surface area contributed by atoms with Crippen molar-refractivity contribution in [2.45, 2.75) is 19.9 Å². The molecule has 0 N–H and O–H groups in total. The first-order valence-electron chi connectivity index (χ1n) is 8.93. The second-order valence-electron chi connectivity index (χ2n) is 6.76. The van der Waals surface area contributed by atoms with Crippen LogP contribution in [0.2, 0.25) is 0 Å². The monoisotopic (exact) mass is 350 g/mol. The van der Waals surface area contributed by atoms with Crippen molar-refractivity contribution in [1.82, 2.24) is 20.3 Å². The van der Waals surface area contributed by atoms with Gasteiger partial charge in [0.1, 0.15) is 0 Å². The van der Waals surface area contributed by atoms with Gasteiger partial charge in [0, 0.05) is 30.2 Å². The average Bonchev–Trinajstić information content (AvgIpc) is 3.30. The van der Waals surface area contributed by atoms with E-state index >= 15 is 0 Å². The van der Waals surface area contributed by atoms with E-state index in [1.165, 1.54) is 0 Å². The molecule has 4 rings (SSSR count). The number of likely N-dealkylation sites (tertiary alicyclic amines) is 1. The van der Waals surface area contributed by atoms with Crippen LogP contribution in [0.1, 0.15) is 17.9 Å². The van der Waals surface area contributed by atoms with Crippen molar-refractivity contribution in [3.63, 3.8) is 0 Å². The molecule has 0 saturated carbocycles. The lowest BCUT2D eigenvalue weighted by atomic mass is 10.1. The summed E-state index contributed by atoms with van der Waals surface area (Å²) in [6, 6.07) is 15.9. The minimum Gasteiger partial charge on any atom is -0.476 e. The fourth-order valence-corrected chi connectivity index (χ4v) is 3.27. The lowest BCUT2D eigenvalue weighted by Crippen LogP contribution is -2.22. The van der Waals surface area contributed by atoms with Gasteiger partial charge in [-0.25, -0.2) is 0 Å². The lowest BCUT2D eigenvalue weighted by Gasteiger charge is -2.14. The molecule has 134 valence electrons. The fourth-order valence-electron chi connectivity index (χ4n) is 3.27. The lowest BCUT2D eigenvalue weighted by molar-refractivity contribution is 0.221. The Balaban J connectivity index is 1.27. The van der Waals surface area contributed by atoms with Gasteiger partial charge >= 0.3 is 0 Å². The van der Waals surface area contributed by atoms with Crippen LogP contribution in [0.25, 0.3) is 11.3 Å². The normalized spacial score (nSPS) is 17.5. The number of rotatable bonds is 6. The molecule has 1 saturated heterocycles. The molecule has 6 nitrogen and oxygen atoms in total. The molecule has 0 aliphatic carbocycles. The van der Waals surface area contributed by atoms with E-state index in [4.69, 9.17) is 9.26 Å². The summed E-state index contributed by atoms with van der Waals surface area (Å²) in [4.78, 5) is 2.37. The quantitative estimate of drug-likeness (QED) is 0.679. The standard InChI is InChI=1S/C20H22N4O2/c1-15-11-18(26-23-15)13-24-10-9-16(12-24)14-25-20-8-7-19(21-22-20)17-5-3-2-4-6-17/h2-8,11,16H,9-10,12-14H2,1H3. The van der Waals surface area contributed by atoms with Gasteiger partial charge in [-0.15, -0.1) is 10.2 Å². The minimum absolute atomic E-state index is 0.495. The number of hydrogen-bond donors (Lipinski definition) is 0. The highest BCUT2D eigenvalue weighted by Crippen LogP contribution is 2.21. The number of ether oxygens (including phenoxy) is 1. The zero-order valence-electron chi connectivity index (χ0n) is 14.8. The molecular formula is C20H22N4O2. The van der Waals surface area contributed by atoms with Crippen LogP contribution < -0.4 is 4.74 Å². The van der Waals surface area contributed by atoms with E-state index in [1.807, 2.05) is 55.5 Å². The molecule has 1 aliphatic heterocycles. The zero-order valence-corrected chi connectivity index (χ0v) is 14.8. The fraction of sp³-hybridized carbons (Fsp3) is 0.350. The smallest absolute Gasteiger partial charge is 0.233 e. The summed E-state index contributed by atoms with van der Waals surface area (Å²) >= 11 is 0. The van der Waals surface area contributed by atoms with Crippen LogP contribution >= 0.6 is 0 Å². The van der Waals surface area contributed by atoms with Crippen LogP contribution in [0, 0.1) is 12.8 Å². The third-order valence-electron chi connectivity index (χ3n) is 4.60. The first-order valence-corrected chi connectivity index (χ1v) is 8.93. The molecule has 1 aromatic carbocycles. The van der Waals surface area contributed by atoms with Crippen molar-refractivity contribution in [3.8, 4) is 17.1 Å². The van der Waals surface area contributed by atoms with Gasteiger partial charge in [-0.3, -0.25) is 4.90 Å². The Kier molecular flexibility index (Phi) is 4.93. The third kappa shape index (κ3) is 4.08. The van der Waals surface area contributed by atoms with E-state index in [9.17, 15) is 0 Å². The Morgan fingerprint density at radius 1 is 1.15 bits per heavy atom. The van der Waals surface area contributed by atoms with E-state index in [0.717, 1.165) is 48.8 Å². The van der Waals surface area contributed by atoms with Crippen molar-refractivity contribution in [2.75, 3.05) is 19.7 Å². The van der Waals surface area contributed by atoms with Crippen LogP contribution in [-0.4, -0.2) is 40.0 Å². The highest BCUT2D eigenvalue weighted by Gasteiger charge is 2.24. The summed E-state index contributed by atoms with van der Waals surface area (Å²) in [7, 11) is 0. The number of aryl methyl sites for hydroxylation is 1. The Morgan fingerprint density at radius 2 is 2.04 bits per heavy atom. The summed E-state index contributed by atoms with van der Waals surface area (Å²) in [6.07, 6.45) is 1.11. The predicted octanol–water partition coefficient (Wildman–Crippen LogP) is 3.34. The maximum Gasteiger partial charge on any atom is 0.233 e. The van der Waals surface area contributed by atoms with Crippen molar-refractivity contribution >= 4 is 0 Å². The Bertz CT molecular complexity index is 833. The van der Waals surface area contributed by atoms with Crippen LogP contribution in [0.4, 0.5) is 0 Å². The maximum absolute atomic E-state index is 5.85. The van der Waals surface area contributed by atoms with Crippen molar-refractivity contribution < 1.29 is 9.26 Å². The Hall–Kier alpha value is -2.73. The molecular weight excluding hydrogens is 328 g/mol. The first kappa shape index (κ1) is 16.7. The highest BCUT2D eigenvalue weighted by molar-refractivity contribution is 5.58. The summed E-state index contributed by atoms with van der Waals surface area (Å²) in [5, 5.41) is 12.4. The molecule has 2 aromatic heterocycles. The van der Waals surface area contributed by atoms with Gasteiger partial charge in [0.05, 0.1) is 24.5 Å². The molecule has 0 spiro atoms. The maximum atomic E-state index is 5.85. The Labute approximate surface area is 152 Å². The van der Waals surface area contributed by atoms with Crippen LogP contribution in [0.3, 0.4) is 0 Å². The third-order valence-corrected chi connectivity index (χ3v) is 4.60. The van der Waals surface area contributed by atoms with E-state index in [-0.39, 0.29) is 0 Å². The highest BCUT2D eigenvalue weighted by atomic mass is 16.5. The first-order chi connectivity index (χ1) is 12.8. The molecule has 1 atom stereocenters. The summed E-state index contributed by atoms with van der Waals surface area (Å²) in [6.45, 7) is 5.45. The van der Waals surface area contributed by atoms with E-state index in [0.29, 0.717) is 18.4 Å². The molecule has 26 heavy (non-hydrogen) atoms. The van der Waals surface area contributed by atoms with Crippen LogP contribution in [-0.2, 0) is 6.54 Å². The molecule has 1 unspecified atom stereocenters. The van der Waals surface area contributed by atoms with Crippen molar-refractivity contribution in [2.24, 2.45) is 5.92 Å². The molecule has 3 aromatic rings. The number of aromatic nitrogens is 3. The van der Waals surface area contributed by atoms with E-state index < -0.39 is 0 Å². The van der Waals surface area contributed by atoms with E-state index in [2.05, 4.69) is 20.3 Å². The van der Waals surface area contributed by atoms with Gasteiger partial charge in [0.2, 0.25) is 5.88 Å². The topological polar surface area (TPSA) is 64.3 Å². The summed E-state index contributed by atoms with van der Waals surface area (Å²) in [5.74, 6) is 2.00. The molecule has 1 fully saturated rings. The molecule has 3 heterocycles. The van der Waals surface area contributed by atoms with Crippen molar-refractivity contribution in [1.29, 1.82) is 0 Å². The van der Waals surface area contributed by atoms with Crippen LogP contribution in [0.5, 0.6) is 5.88 Å². The molecule has 0 bridgehead atoms. The molecule has 0 amide bonds. The minimum atomic E-state index is 0.495. The second kappa shape index (κ2) is 7.66. The zero-order chi connectivity index (χ0) is 17.8. The van der Waals surface area contributed by atoms with Gasteiger partial charge < -0.3 is 9.26 Å². The number of nitrogens with zero attached hydrogens (tertiary/aromatic N) is 4. The second-order valence-corrected chi connectivity index (χ2v) is 6.76. The van der Waals surface area contributed by atoms with Gasteiger partial charge in [-0.1, -0.05) is 35.5 Å². The van der Waals surface area contributed by atoms with E-state index in [1.54, 1.807) is 0 Å². The van der Waals surface area contributed by atoms with Crippen molar-refractivity contribution in [3.05, 3.63) is 60.0 Å². The number of hydrogen-bond acceptors (Lipinski definition) is 6.